The first kappa shape index (κ1) is 40.6. The molecule has 0 spiro atoms. The van der Waals surface area contributed by atoms with E-state index in [0.717, 1.165) is 66.3 Å². The van der Waals surface area contributed by atoms with Gasteiger partial charge in [0, 0.05) is 0 Å². The molecule has 55 heavy (non-hydrogen) atoms. The molecular weight excluding hydrogens is 858 g/mol. The summed E-state index contributed by atoms with van der Waals surface area (Å²) in [6, 6.07) is 50.1. The van der Waals surface area contributed by atoms with Crippen molar-refractivity contribution in [1.29, 1.82) is 0 Å². The van der Waals surface area contributed by atoms with Crippen LogP contribution in [0.2, 0.25) is 0 Å². The second kappa shape index (κ2) is 18.3. The van der Waals surface area contributed by atoms with E-state index in [1.807, 2.05) is 72.8 Å². The molecule has 0 aromatic heterocycles. The van der Waals surface area contributed by atoms with Gasteiger partial charge in [-0.2, -0.15) is 0 Å². The molecule has 10 heteroatoms. The molecule has 0 saturated heterocycles. The van der Waals surface area contributed by atoms with Gasteiger partial charge < -0.3 is 0 Å². The van der Waals surface area contributed by atoms with Crippen molar-refractivity contribution in [3.05, 3.63) is 146 Å². The average Bonchev–Trinajstić information content (AvgIpc) is 3.25. The molecule has 0 aliphatic heterocycles. The zero-order valence-corrected chi connectivity index (χ0v) is 37.1. The number of alkyl halides is 2. The van der Waals surface area contributed by atoms with Gasteiger partial charge >= 0.3 is 345 Å². The van der Waals surface area contributed by atoms with E-state index in [1.54, 1.807) is 42.7 Å². The monoisotopic (exact) mass is 904 g/mol. The van der Waals surface area contributed by atoms with Crippen molar-refractivity contribution in [2.24, 2.45) is 0 Å². The van der Waals surface area contributed by atoms with E-state index in [4.69, 9.17) is 28.4 Å². The predicted octanol–water partition coefficient (Wildman–Crippen LogP) is 8.32. The van der Waals surface area contributed by atoms with Crippen LogP contribution in [0.15, 0.2) is 146 Å². The van der Waals surface area contributed by atoms with E-state index in [9.17, 15) is 0 Å². The molecule has 2 unspecified atom stereocenters. The van der Waals surface area contributed by atoms with E-state index < -0.39 is 14.5 Å². The van der Waals surface area contributed by atoms with Crippen LogP contribution in [0, 0.1) is 0 Å². The van der Waals surface area contributed by atoms with Crippen LogP contribution in [0.5, 0.6) is 34.5 Å². The Balaban J connectivity index is 1.75. The van der Waals surface area contributed by atoms with E-state index in [2.05, 4.69) is 105 Å². The number of benzene rings is 6. The molecule has 288 valence electrons. The van der Waals surface area contributed by atoms with Gasteiger partial charge in [0.2, 0.25) is 0 Å². The summed E-state index contributed by atoms with van der Waals surface area (Å²) in [5.74, 6) is 4.77. The summed E-state index contributed by atoms with van der Waals surface area (Å²) < 4.78 is 37.1. The molecule has 0 saturated carbocycles. The number of rotatable bonds is 16. The molecule has 0 aliphatic rings. The zero-order chi connectivity index (χ0) is 39.0. The molecule has 6 aromatic carbocycles. The van der Waals surface area contributed by atoms with Crippen molar-refractivity contribution in [1.82, 2.24) is 0 Å². The van der Waals surface area contributed by atoms with Crippen molar-refractivity contribution >= 4 is 78.2 Å². The number of hydrogen-bond acceptors (Lipinski definition) is 6. The predicted molar refractivity (Wildman–Crippen MR) is 242 cm³/mol. The maximum absolute atomic E-state index is 6.24. The van der Waals surface area contributed by atoms with Crippen LogP contribution in [0.4, 0.5) is 0 Å². The third kappa shape index (κ3) is 7.24. The number of halogens is 2. The van der Waals surface area contributed by atoms with E-state index in [1.165, 1.54) is 0 Å². The molecule has 0 heterocycles. The van der Waals surface area contributed by atoms with Gasteiger partial charge in [-0.25, -0.2) is 0 Å². The summed E-state index contributed by atoms with van der Waals surface area (Å²) in [6.45, 7) is 0. The van der Waals surface area contributed by atoms with Crippen LogP contribution in [-0.4, -0.2) is 51.8 Å². The summed E-state index contributed by atoms with van der Waals surface area (Å²) in [7, 11) is 3.84. The first-order valence-electron chi connectivity index (χ1n) is 18.0. The second-order valence-corrected chi connectivity index (χ2v) is 24.7. The van der Waals surface area contributed by atoms with Crippen molar-refractivity contribution in [3.8, 4) is 34.5 Å². The summed E-state index contributed by atoms with van der Waals surface area (Å²) >= 11 is 9.03. The van der Waals surface area contributed by atoms with Crippen molar-refractivity contribution in [3.63, 3.8) is 0 Å². The summed E-state index contributed by atoms with van der Waals surface area (Å²) in [5, 5.41) is 6.54. The first-order chi connectivity index (χ1) is 26.9. The van der Waals surface area contributed by atoms with E-state index >= 15 is 0 Å². The van der Waals surface area contributed by atoms with Gasteiger partial charge in [0.15, 0.2) is 0 Å². The Kier molecular flexibility index (Phi) is 13.5. The Labute approximate surface area is 343 Å². The van der Waals surface area contributed by atoms with Crippen LogP contribution in [0.25, 0.3) is 0 Å². The number of methoxy groups -OCH3 is 6. The maximum atomic E-state index is 6.24. The number of para-hydroxylation sites is 6. The van der Waals surface area contributed by atoms with Crippen LogP contribution < -0.4 is 60.2 Å². The van der Waals surface area contributed by atoms with Crippen LogP contribution >= 0.6 is 46.4 Å². The van der Waals surface area contributed by atoms with Gasteiger partial charge in [-0.15, -0.1) is 0 Å². The normalized spacial score (nSPS) is 13.2. The fraction of sp³-hybridized carbons (Fsp3) is 0.200. The van der Waals surface area contributed by atoms with Crippen LogP contribution in [0.3, 0.4) is 0 Å². The van der Waals surface area contributed by atoms with Crippen molar-refractivity contribution in [2.75, 3.05) is 42.7 Å². The fourth-order valence-electron chi connectivity index (χ4n) is 8.24. The number of ether oxygens (including phenoxy) is 6. The number of hydrogen-bond donors (Lipinski definition) is 0. The van der Waals surface area contributed by atoms with Gasteiger partial charge in [0.05, 0.1) is 0 Å². The summed E-state index contributed by atoms with van der Waals surface area (Å²) in [4.78, 5) is 0. The zero-order valence-electron chi connectivity index (χ0n) is 31.9. The molecule has 0 amide bonds. The SMILES string of the molecule is COc1ccccc1[PH](c1ccccc1OC)(c1ccccc1OC)C(Br)CC(Br)[PH](c1ccccc1OC)(c1ccccc1OC)c1ccccc1OC. The Morgan fingerprint density at radius 3 is 0.655 bits per heavy atom. The third-order valence-electron chi connectivity index (χ3n) is 10.5. The van der Waals surface area contributed by atoms with Gasteiger partial charge in [-0.1, -0.05) is 0 Å². The van der Waals surface area contributed by atoms with Crippen LogP contribution in [0.1, 0.15) is 6.42 Å². The minimum atomic E-state index is -3.29. The molecule has 0 radical (unpaired) electrons. The fourth-order valence-corrected chi connectivity index (χ4v) is 25.4. The molecule has 0 bridgehead atoms. The molecule has 2 atom stereocenters. The first-order valence-corrected chi connectivity index (χ1v) is 24.0. The van der Waals surface area contributed by atoms with Crippen LogP contribution in [-0.2, 0) is 0 Å². The molecule has 0 aliphatic carbocycles. The summed E-state index contributed by atoms with van der Waals surface area (Å²) in [6.07, 6.45) is 0.640. The van der Waals surface area contributed by atoms with Crippen molar-refractivity contribution < 1.29 is 28.4 Å². The molecular formula is C45H48Br2O6P2. The van der Waals surface area contributed by atoms with Gasteiger partial charge in [-0.05, 0) is 0 Å². The second-order valence-electron chi connectivity index (χ2n) is 13.0. The topological polar surface area (TPSA) is 55.4 Å². The molecule has 6 aromatic rings. The van der Waals surface area contributed by atoms with Gasteiger partial charge in [0.25, 0.3) is 0 Å². The van der Waals surface area contributed by atoms with Gasteiger partial charge in [0.1, 0.15) is 0 Å². The average molecular weight is 907 g/mol. The quantitative estimate of drug-likeness (QED) is 0.0720. The van der Waals surface area contributed by atoms with Gasteiger partial charge in [-0.3, -0.25) is 0 Å². The molecule has 6 rings (SSSR count). The Morgan fingerprint density at radius 2 is 0.491 bits per heavy atom. The van der Waals surface area contributed by atoms with E-state index in [-0.39, 0.29) is 9.14 Å². The standard InChI is InChI=1S/C45H48Br2O6P2/c1-48-32-19-7-13-25-38(32)54(39-26-14-8-20-33(39)49-2,40-27-15-9-21-34(40)50-3)44(46)31-45(47)55(41-28-16-10-22-35(41)51-4,42-29-17-11-23-36(42)52-5)43-30-18-12-24-37(43)53-6/h7-30,44-45,54-55H,31H2,1-6H3. The third-order valence-corrected chi connectivity index (χ3v) is 25.3. The Bertz CT molecular complexity index is 1830. The van der Waals surface area contributed by atoms with E-state index in [0.29, 0.717) is 6.42 Å². The Hall–Kier alpha value is -4.06. The Morgan fingerprint density at radius 1 is 0.327 bits per heavy atom. The molecule has 0 N–H and O–H groups in total. The minimum absolute atomic E-state index is 0.181. The van der Waals surface area contributed by atoms with Crippen molar-refractivity contribution in [2.45, 2.75) is 15.6 Å². The summed E-state index contributed by atoms with van der Waals surface area (Å²) in [5.41, 5.74) is 0. The molecule has 0 fully saturated rings. The molecule has 6 nitrogen and oxygen atoms in total.